The largest absolute Gasteiger partial charge is 0.368 e. The Morgan fingerprint density at radius 1 is 1.50 bits per heavy atom. The van der Waals surface area contributed by atoms with Gasteiger partial charge in [-0.2, -0.15) is 0 Å². The smallest absolute Gasteiger partial charge is 0.270 e. The van der Waals surface area contributed by atoms with Gasteiger partial charge in [-0.05, 0) is 12.8 Å². The van der Waals surface area contributed by atoms with Gasteiger partial charge in [-0.1, -0.05) is 12.1 Å². The third-order valence-corrected chi connectivity index (χ3v) is 4.07. The van der Waals surface area contributed by atoms with Crippen molar-refractivity contribution in [3.63, 3.8) is 0 Å². The molecule has 7 nitrogen and oxygen atoms in total. The summed E-state index contributed by atoms with van der Waals surface area (Å²) in [5.74, 6) is -0.197. The van der Waals surface area contributed by atoms with E-state index in [0.29, 0.717) is 23.0 Å². The SMILES string of the molecule is O=C(Nc1nc(-c2cccc([N+](=O)[O-])c2)cs1)C1CCCO1. The number of ether oxygens (including phenoxy) is 1. The first kappa shape index (κ1) is 14.6. The minimum atomic E-state index is -0.448. The number of thiazole rings is 1. The third kappa shape index (κ3) is 3.12. The lowest BCUT2D eigenvalue weighted by atomic mass is 10.1. The van der Waals surface area contributed by atoms with Gasteiger partial charge in [0, 0.05) is 29.7 Å². The first-order valence-corrected chi connectivity index (χ1v) is 7.64. The van der Waals surface area contributed by atoms with Crippen LogP contribution in [0.2, 0.25) is 0 Å². The molecule has 1 unspecified atom stereocenters. The second-order valence-corrected chi connectivity index (χ2v) is 5.69. The number of hydrogen-bond acceptors (Lipinski definition) is 6. The second-order valence-electron chi connectivity index (χ2n) is 4.84. The molecule has 1 aromatic carbocycles. The van der Waals surface area contributed by atoms with Gasteiger partial charge >= 0.3 is 0 Å². The van der Waals surface area contributed by atoms with Gasteiger partial charge in [-0.3, -0.25) is 20.2 Å². The first-order chi connectivity index (χ1) is 10.6. The summed E-state index contributed by atoms with van der Waals surface area (Å²) in [6.45, 7) is 0.606. The third-order valence-electron chi connectivity index (χ3n) is 3.31. The van der Waals surface area contributed by atoms with Crippen molar-refractivity contribution in [2.24, 2.45) is 0 Å². The number of aromatic nitrogens is 1. The Hall–Kier alpha value is -2.32. The monoisotopic (exact) mass is 319 g/mol. The number of hydrogen-bond donors (Lipinski definition) is 1. The molecule has 0 bridgehead atoms. The molecule has 1 aliphatic heterocycles. The maximum Gasteiger partial charge on any atom is 0.270 e. The molecule has 114 valence electrons. The van der Waals surface area contributed by atoms with Crippen LogP contribution >= 0.6 is 11.3 Å². The van der Waals surface area contributed by atoms with Gasteiger partial charge in [0.2, 0.25) is 0 Å². The quantitative estimate of drug-likeness (QED) is 0.690. The molecule has 2 heterocycles. The molecular formula is C14H13N3O4S. The number of benzene rings is 1. The van der Waals surface area contributed by atoms with Crippen molar-refractivity contribution in [3.8, 4) is 11.3 Å². The Morgan fingerprint density at radius 3 is 3.09 bits per heavy atom. The van der Waals surface area contributed by atoms with Crippen LogP contribution in [0.1, 0.15) is 12.8 Å². The summed E-state index contributed by atoms with van der Waals surface area (Å²) in [5.41, 5.74) is 1.25. The zero-order valence-corrected chi connectivity index (χ0v) is 12.3. The Bertz CT molecular complexity index is 710. The van der Waals surface area contributed by atoms with E-state index in [0.717, 1.165) is 12.8 Å². The standard InChI is InChI=1S/C14H13N3O4S/c18-13(12-5-2-6-21-12)16-14-15-11(8-22-14)9-3-1-4-10(7-9)17(19)20/h1,3-4,7-8,12H,2,5-6H2,(H,15,16,18). The predicted molar refractivity (Wildman–Crippen MR) is 81.8 cm³/mol. The van der Waals surface area contributed by atoms with Gasteiger partial charge in [0.1, 0.15) is 6.10 Å². The summed E-state index contributed by atoms with van der Waals surface area (Å²) < 4.78 is 5.31. The van der Waals surface area contributed by atoms with E-state index in [1.54, 1.807) is 17.5 Å². The molecule has 1 amide bonds. The number of carbonyl (C=O) groups excluding carboxylic acids is 1. The highest BCUT2D eigenvalue weighted by Gasteiger charge is 2.24. The molecule has 1 atom stereocenters. The Labute approximate surface area is 130 Å². The van der Waals surface area contributed by atoms with Crippen LogP contribution in [0.15, 0.2) is 29.6 Å². The van der Waals surface area contributed by atoms with E-state index in [2.05, 4.69) is 10.3 Å². The van der Waals surface area contributed by atoms with Gasteiger partial charge < -0.3 is 4.74 Å². The molecule has 22 heavy (non-hydrogen) atoms. The van der Waals surface area contributed by atoms with E-state index in [1.165, 1.54) is 23.5 Å². The zero-order valence-electron chi connectivity index (χ0n) is 11.5. The average molecular weight is 319 g/mol. The van der Waals surface area contributed by atoms with Crippen LogP contribution in [0, 0.1) is 10.1 Å². The Morgan fingerprint density at radius 2 is 2.36 bits per heavy atom. The van der Waals surface area contributed by atoms with Crippen molar-refractivity contribution in [1.29, 1.82) is 0 Å². The number of non-ortho nitro benzene ring substituents is 1. The maximum absolute atomic E-state index is 11.9. The minimum Gasteiger partial charge on any atom is -0.368 e. The predicted octanol–water partition coefficient (Wildman–Crippen LogP) is 2.84. The topological polar surface area (TPSA) is 94.4 Å². The highest BCUT2D eigenvalue weighted by molar-refractivity contribution is 7.14. The molecule has 0 spiro atoms. The van der Waals surface area contributed by atoms with Crippen molar-refractivity contribution in [3.05, 3.63) is 39.8 Å². The molecule has 0 radical (unpaired) electrons. The average Bonchev–Trinajstić information content (AvgIpc) is 3.19. The molecule has 8 heteroatoms. The number of anilines is 1. The molecule has 1 aliphatic rings. The molecule has 1 fully saturated rings. The van der Waals surface area contributed by atoms with Crippen LogP contribution in [0.3, 0.4) is 0 Å². The number of amides is 1. The highest BCUT2D eigenvalue weighted by atomic mass is 32.1. The van der Waals surface area contributed by atoms with Gasteiger partial charge in [0.05, 0.1) is 10.6 Å². The van der Waals surface area contributed by atoms with Crippen LogP contribution in [0.25, 0.3) is 11.3 Å². The summed E-state index contributed by atoms with van der Waals surface area (Å²) in [6, 6.07) is 6.24. The summed E-state index contributed by atoms with van der Waals surface area (Å²) in [7, 11) is 0. The normalized spacial score (nSPS) is 17.4. The van der Waals surface area contributed by atoms with E-state index >= 15 is 0 Å². The summed E-state index contributed by atoms with van der Waals surface area (Å²) in [6.07, 6.45) is 1.19. The second kappa shape index (κ2) is 6.20. The molecule has 0 saturated carbocycles. The number of nitro groups is 1. The fourth-order valence-electron chi connectivity index (χ4n) is 2.21. The maximum atomic E-state index is 11.9. The number of carbonyl (C=O) groups is 1. The molecule has 2 aromatic rings. The zero-order chi connectivity index (χ0) is 15.5. The highest BCUT2D eigenvalue weighted by Crippen LogP contribution is 2.27. The van der Waals surface area contributed by atoms with Crippen molar-refractivity contribution in [2.45, 2.75) is 18.9 Å². The van der Waals surface area contributed by atoms with Gasteiger partial charge in [-0.25, -0.2) is 4.98 Å². The molecule has 1 aromatic heterocycles. The lowest BCUT2D eigenvalue weighted by Crippen LogP contribution is -2.26. The van der Waals surface area contributed by atoms with Crippen molar-refractivity contribution < 1.29 is 14.5 Å². The fraction of sp³-hybridized carbons (Fsp3) is 0.286. The summed E-state index contributed by atoms with van der Waals surface area (Å²) in [5, 5.41) is 15.7. The van der Waals surface area contributed by atoms with Crippen LogP contribution in [0.5, 0.6) is 0 Å². The molecular weight excluding hydrogens is 306 g/mol. The lowest BCUT2D eigenvalue weighted by molar-refractivity contribution is -0.384. The van der Waals surface area contributed by atoms with E-state index in [1.807, 2.05) is 0 Å². The number of nitro benzene ring substituents is 1. The van der Waals surface area contributed by atoms with Crippen LogP contribution < -0.4 is 5.32 Å². The molecule has 1 N–H and O–H groups in total. The van der Waals surface area contributed by atoms with Crippen LogP contribution in [-0.4, -0.2) is 28.5 Å². The Balaban J connectivity index is 1.74. The fourth-order valence-corrected chi connectivity index (χ4v) is 2.94. The van der Waals surface area contributed by atoms with Crippen molar-refractivity contribution in [2.75, 3.05) is 11.9 Å². The summed E-state index contributed by atoms with van der Waals surface area (Å²) in [4.78, 5) is 26.6. The van der Waals surface area contributed by atoms with Gasteiger partial charge in [0.15, 0.2) is 5.13 Å². The van der Waals surface area contributed by atoms with Crippen LogP contribution in [0.4, 0.5) is 10.8 Å². The van der Waals surface area contributed by atoms with E-state index in [9.17, 15) is 14.9 Å². The van der Waals surface area contributed by atoms with Gasteiger partial charge in [-0.15, -0.1) is 11.3 Å². The first-order valence-electron chi connectivity index (χ1n) is 6.76. The number of nitrogens with one attached hydrogen (secondary N) is 1. The van der Waals surface area contributed by atoms with Crippen molar-refractivity contribution in [1.82, 2.24) is 4.98 Å². The minimum absolute atomic E-state index is 0.00967. The molecule has 1 saturated heterocycles. The van der Waals surface area contributed by atoms with Crippen LogP contribution in [-0.2, 0) is 9.53 Å². The Kier molecular flexibility index (Phi) is 4.12. The molecule has 3 rings (SSSR count). The molecule has 0 aliphatic carbocycles. The lowest BCUT2D eigenvalue weighted by Gasteiger charge is -2.07. The van der Waals surface area contributed by atoms with E-state index in [-0.39, 0.29) is 11.6 Å². The number of nitrogens with zero attached hydrogens (tertiary/aromatic N) is 2. The number of rotatable bonds is 4. The van der Waals surface area contributed by atoms with Crippen molar-refractivity contribution >= 4 is 28.1 Å². The van der Waals surface area contributed by atoms with E-state index < -0.39 is 11.0 Å². The van der Waals surface area contributed by atoms with E-state index in [4.69, 9.17) is 4.74 Å². The van der Waals surface area contributed by atoms with Gasteiger partial charge in [0.25, 0.3) is 11.6 Å². The summed E-state index contributed by atoms with van der Waals surface area (Å²) >= 11 is 1.28.